The molecule has 0 atom stereocenters. The Bertz CT molecular complexity index is 1480. The Morgan fingerprint density at radius 2 is 1.91 bits per heavy atom. The number of carboxylic acids is 1. The lowest BCUT2D eigenvalue weighted by atomic mass is 9.88. The van der Waals surface area contributed by atoms with Gasteiger partial charge in [-0.1, -0.05) is 24.3 Å². The van der Waals surface area contributed by atoms with Crippen molar-refractivity contribution in [1.29, 1.82) is 0 Å². The van der Waals surface area contributed by atoms with Gasteiger partial charge in [0.15, 0.2) is 0 Å². The first-order chi connectivity index (χ1) is 16.8. The molecular weight excluding hydrogens is 478 g/mol. The van der Waals surface area contributed by atoms with E-state index in [2.05, 4.69) is 44.9 Å². The van der Waals surface area contributed by atoms with Crippen molar-refractivity contribution in [3.05, 3.63) is 81.8 Å². The fourth-order valence-corrected chi connectivity index (χ4v) is 5.20. The Balaban J connectivity index is 1.50. The standard InChI is InChI=1S/C27H25N3O3S2/c1-17-29-24(16-35-17)33-22-8-9-23-20(13-22)12-21(14-27(2,3)26(31)32)30(23)15-18-4-6-19(7-5-18)25-28-10-11-34-25/h4-13,16H,14-15H2,1-3H3,(H,31,32). The molecule has 0 saturated heterocycles. The van der Waals surface area contributed by atoms with Gasteiger partial charge < -0.3 is 14.4 Å². The summed E-state index contributed by atoms with van der Waals surface area (Å²) < 4.78 is 8.16. The lowest BCUT2D eigenvalue weighted by molar-refractivity contribution is -0.146. The van der Waals surface area contributed by atoms with Crippen molar-refractivity contribution in [2.75, 3.05) is 0 Å². The SMILES string of the molecule is Cc1nc(Oc2ccc3c(c2)cc(CC(C)(C)C(=O)O)n3Cc2ccc(-c3nccs3)cc2)cs1. The average molecular weight is 504 g/mol. The highest BCUT2D eigenvalue weighted by Gasteiger charge is 2.29. The lowest BCUT2D eigenvalue weighted by Crippen LogP contribution is -2.27. The van der Waals surface area contributed by atoms with Crippen molar-refractivity contribution >= 4 is 39.5 Å². The van der Waals surface area contributed by atoms with Gasteiger partial charge in [0, 0.05) is 46.7 Å². The van der Waals surface area contributed by atoms with Gasteiger partial charge >= 0.3 is 5.97 Å². The van der Waals surface area contributed by atoms with Crippen LogP contribution in [0.3, 0.4) is 0 Å². The number of benzene rings is 2. The minimum absolute atomic E-state index is 0.412. The van der Waals surface area contributed by atoms with Gasteiger partial charge in [0.25, 0.3) is 0 Å². The molecule has 5 aromatic rings. The molecule has 35 heavy (non-hydrogen) atoms. The van der Waals surface area contributed by atoms with E-state index in [9.17, 15) is 9.90 Å². The number of hydrogen-bond acceptors (Lipinski definition) is 6. The van der Waals surface area contributed by atoms with E-state index in [-0.39, 0.29) is 0 Å². The second kappa shape index (κ2) is 9.28. The Morgan fingerprint density at radius 3 is 2.57 bits per heavy atom. The molecule has 0 radical (unpaired) electrons. The quantitative estimate of drug-likeness (QED) is 0.246. The molecule has 178 valence electrons. The molecule has 0 bridgehead atoms. The molecule has 2 aromatic carbocycles. The Hall–Kier alpha value is -3.49. The molecule has 0 spiro atoms. The summed E-state index contributed by atoms with van der Waals surface area (Å²) in [5.74, 6) is 0.473. The van der Waals surface area contributed by atoms with Crippen LogP contribution in [0.1, 0.15) is 30.1 Å². The Labute approximate surface area is 211 Å². The van der Waals surface area contributed by atoms with Crippen LogP contribution in [0.4, 0.5) is 0 Å². The molecule has 0 saturated carbocycles. The highest BCUT2D eigenvalue weighted by Crippen LogP contribution is 2.32. The van der Waals surface area contributed by atoms with E-state index >= 15 is 0 Å². The van der Waals surface area contributed by atoms with Gasteiger partial charge in [0.2, 0.25) is 5.88 Å². The highest BCUT2D eigenvalue weighted by atomic mass is 32.1. The molecule has 0 aliphatic rings. The maximum absolute atomic E-state index is 11.9. The van der Waals surface area contributed by atoms with Crippen LogP contribution in [0, 0.1) is 12.3 Å². The van der Waals surface area contributed by atoms with Crippen LogP contribution in [0.2, 0.25) is 0 Å². The largest absolute Gasteiger partial charge is 0.481 e. The third kappa shape index (κ3) is 4.99. The van der Waals surface area contributed by atoms with E-state index in [1.54, 1.807) is 36.5 Å². The number of aryl methyl sites for hydroxylation is 1. The van der Waals surface area contributed by atoms with Crippen LogP contribution in [-0.4, -0.2) is 25.6 Å². The van der Waals surface area contributed by atoms with Gasteiger partial charge in [-0.2, -0.15) is 0 Å². The number of hydrogen-bond donors (Lipinski definition) is 1. The molecule has 3 heterocycles. The summed E-state index contributed by atoms with van der Waals surface area (Å²) in [6.07, 6.45) is 2.22. The zero-order valence-electron chi connectivity index (χ0n) is 19.7. The van der Waals surface area contributed by atoms with Crippen molar-refractivity contribution in [2.24, 2.45) is 5.41 Å². The Morgan fingerprint density at radius 1 is 1.11 bits per heavy atom. The third-order valence-electron chi connectivity index (χ3n) is 5.95. The molecule has 0 aliphatic heterocycles. The van der Waals surface area contributed by atoms with E-state index in [0.717, 1.165) is 37.7 Å². The summed E-state index contributed by atoms with van der Waals surface area (Å²) in [6.45, 7) is 6.11. The zero-order chi connectivity index (χ0) is 24.6. The first kappa shape index (κ1) is 23.3. The predicted molar refractivity (Wildman–Crippen MR) is 141 cm³/mol. The lowest BCUT2D eigenvalue weighted by Gasteiger charge is -2.21. The minimum atomic E-state index is -0.891. The summed E-state index contributed by atoms with van der Waals surface area (Å²) in [6, 6.07) is 16.4. The number of thiazole rings is 2. The van der Waals surface area contributed by atoms with Crippen LogP contribution in [0.25, 0.3) is 21.5 Å². The zero-order valence-corrected chi connectivity index (χ0v) is 21.3. The van der Waals surface area contributed by atoms with Crippen LogP contribution < -0.4 is 4.74 Å². The molecule has 5 rings (SSSR count). The number of rotatable bonds is 8. The molecule has 8 heteroatoms. The molecule has 0 aliphatic carbocycles. The smallest absolute Gasteiger partial charge is 0.309 e. The maximum Gasteiger partial charge on any atom is 0.309 e. The Kier molecular flexibility index (Phi) is 6.17. The molecule has 3 aromatic heterocycles. The molecule has 0 amide bonds. The van der Waals surface area contributed by atoms with Crippen molar-refractivity contribution in [2.45, 2.75) is 33.7 Å². The molecule has 6 nitrogen and oxygen atoms in total. The summed E-state index contributed by atoms with van der Waals surface area (Å²) in [5, 5.41) is 16.6. The summed E-state index contributed by atoms with van der Waals surface area (Å²) >= 11 is 3.16. The van der Waals surface area contributed by atoms with Crippen molar-refractivity contribution in [3.8, 4) is 22.2 Å². The van der Waals surface area contributed by atoms with Crippen molar-refractivity contribution in [3.63, 3.8) is 0 Å². The first-order valence-corrected chi connectivity index (χ1v) is 13.0. The van der Waals surface area contributed by atoms with Gasteiger partial charge in [-0.3, -0.25) is 4.79 Å². The van der Waals surface area contributed by atoms with Gasteiger partial charge in [-0.05, 0) is 50.6 Å². The average Bonchev–Trinajstić information content (AvgIpc) is 3.56. The molecule has 1 N–H and O–H groups in total. The number of ether oxygens (including phenoxy) is 1. The summed E-state index contributed by atoms with van der Waals surface area (Å²) in [4.78, 5) is 20.6. The highest BCUT2D eigenvalue weighted by molar-refractivity contribution is 7.13. The fourth-order valence-electron chi connectivity index (χ4n) is 4.04. The van der Waals surface area contributed by atoms with E-state index in [4.69, 9.17) is 4.74 Å². The topological polar surface area (TPSA) is 77.2 Å². The summed E-state index contributed by atoms with van der Waals surface area (Å²) in [5.41, 5.74) is 3.34. The van der Waals surface area contributed by atoms with Gasteiger partial charge in [0.05, 0.1) is 15.8 Å². The molecule has 0 fully saturated rings. The number of fused-ring (bicyclic) bond motifs is 1. The second-order valence-corrected chi connectivity index (χ2v) is 11.1. The number of aromatic nitrogens is 3. The van der Waals surface area contributed by atoms with E-state index in [1.165, 1.54) is 0 Å². The van der Waals surface area contributed by atoms with Crippen molar-refractivity contribution in [1.82, 2.24) is 14.5 Å². The van der Waals surface area contributed by atoms with Crippen LogP contribution in [0.5, 0.6) is 11.6 Å². The van der Waals surface area contributed by atoms with E-state index in [0.29, 0.717) is 24.6 Å². The fraction of sp³-hybridized carbons (Fsp3) is 0.222. The van der Waals surface area contributed by atoms with Crippen LogP contribution >= 0.6 is 22.7 Å². The maximum atomic E-state index is 11.9. The monoisotopic (exact) mass is 503 g/mol. The third-order valence-corrected chi connectivity index (χ3v) is 7.53. The molecular formula is C27H25N3O3S2. The van der Waals surface area contributed by atoms with Crippen molar-refractivity contribution < 1.29 is 14.6 Å². The second-order valence-electron chi connectivity index (χ2n) is 9.15. The van der Waals surface area contributed by atoms with Gasteiger partial charge in [-0.25, -0.2) is 9.97 Å². The number of carboxylic acid groups (broad SMARTS) is 1. The van der Waals surface area contributed by atoms with E-state index in [1.807, 2.05) is 42.1 Å². The van der Waals surface area contributed by atoms with Gasteiger partial charge in [-0.15, -0.1) is 22.7 Å². The first-order valence-electron chi connectivity index (χ1n) is 11.2. The minimum Gasteiger partial charge on any atom is -0.481 e. The number of carbonyl (C=O) groups is 1. The predicted octanol–water partition coefficient (Wildman–Crippen LogP) is 7.02. The van der Waals surface area contributed by atoms with Crippen LogP contribution in [0.15, 0.2) is 65.5 Å². The van der Waals surface area contributed by atoms with Gasteiger partial charge in [0.1, 0.15) is 10.8 Å². The summed E-state index contributed by atoms with van der Waals surface area (Å²) in [7, 11) is 0. The van der Waals surface area contributed by atoms with E-state index < -0.39 is 11.4 Å². The molecule has 0 unspecified atom stereocenters. The van der Waals surface area contributed by atoms with Crippen LogP contribution in [-0.2, 0) is 17.8 Å². The number of nitrogens with zero attached hydrogens (tertiary/aromatic N) is 3. The normalized spacial score (nSPS) is 11.7. The number of aliphatic carboxylic acids is 1.